The van der Waals surface area contributed by atoms with E-state index in [4.69, 9.17) is 5.11 Å². The maximum Gasteiger partial charge on any atom is 0.303 e. The summed E-state index contributed by atoms with van der Waals surface area (Å²) in [5.41, 5.74) is 0. The lowest BCUT2D eigenvalue weighted by Crippen LogP contribution is -2.32. The Balaban J connectivity index is 3.81. The van der Waals surface area contributed by atoms with Crippen molar-refractivity contribution in [2.24, 2.45) is 5.92 Å². The Bertz CT molecular complexity index is 375. The fourth-order valence-corrected chi connectivity index (χ4v) is 3.08. The Hall–Kier alpha value is -1.11. The Morgan fingerprint density at radius 2 is 1.83 bits per heavy atom. The lowest BCUT2D eigenvalue weighted by atomic mass is 10.2. The molecule has 0 heterocycles. The standard InChI is InChI=1S/C11H21NO5S/c1-9(2)7-18(16,17)8-10(13)12-6-4-3-5-11(14)15/h9H,3-8H2,1-2H3,(H,12,13)(H,14,15). The maximum absolute atomic E-state index is 11.5. The number of nitrogens with one attached hydrogen (secondary N) is 1. The van der Waals surface area contributed by atoms with E-state index in [1.165, 1.54) is 0 Å². The Morgan fingerprint density at radius 3 is 2.33 bits per heavy atom. The Kier molecular flexibility index (Phi) is 7.58. The van der Waals surface area contributed by atoms with Gasteiger partial charge >= 0.3 is 5.97 Å². The fourth-order valence-electron chi connectivity index (χ4n) is 1.45. The van der Waals surface area contributed by atoms with Crippen LogP contribution in [0, 0.1) is 5.92 Å². The molecule has 18 heavy (non-hydrogen) atoms. The molecule has 0 rings (SSSR count). The molecule has 0 spiro atoms. The van der Waals surface area contributed by atoms with Gasteiger partial charge in [0.05, 0.1) is 5.75 Å². The van der Waals surface area contributed by atoms with Gasteiger partial charge in [0.2, 0.25) is 5.91 Å². The number of amides is 1. The van der Waals surface area contributed by atoms with Crippen LogP contribution in [0.3, 0.4) is 0 Å². The topological polar surface area (TPSA) is 101 Å². The van der Waals surface area contributed by atoms with Crippen LogP contribution < -0.4 is 5.32 Å². The predicted octanol–water partition coefficient (Wildman–Crippen LogP) is 0.428. The van der Waals surface area contributed by atoms with Crippen LogP contribution in [-0.2, 0) is 19.4 Å². The number of sulfone groups is 1. The highest BCUT2D eigenvalue weighted by Crippen LogP contribution is 2.00. The summed E-state index contributed by atoms with van der Waals surface area (Å²) in [5.74, 6) is -1.89. The van der Waals surface area contributed by atoms with Gasteiger partial charge in [0, 0.05) is 13.0 Å². The summed E-state index contributed by atoms with van der Waals surface area (Å²) in [6.07, 6.45) is 1.05. The molecule has 0 fully saturated rings. The lowest BCUT2D eigenvalue weighted by molar-refractivity contribution is -0.137. The normalized spacial score (nSPS) is 11.5. The third-order valence-corrected chi connectivity index (χ3v) is 3.95. The minimum absolute atomic E-state index is 0.000561. The molecule has 0 aromatic carbocycles. The van der Waals surface area contributed by atoms with Crippen molar-refractivity contribution in [2.75, 3.05) is 18.1 Å². The van der Waals surface area contributed by atoms with E-state index in [0.717, 1.165) is 0 Å². The summed E-state index contributed by atoms with van der Waals surface area (Å²) in [4.78, 5) is 21.6. The van der Waals surface area contributed by atoms with Gasteiger partial charge in [-0.3, -0.25) is 9.59 Å². The van der Waals surface area contributed by atoms with Crippen molar-refractivity contribution >= 4 is 21.7 Å². The highest BCUT2D eigenvalue weighted by atomic mass is 32.2. The van der Waals surface area contributed by atoms with Crippen molar-refractivity contribution in [2.45, 2.75) is 33.1 Å². The van der Waals surface area contributed by atoms with Crippen LogP contribution >= 0.6 is 0 Å². The number of carboxylic acid groups (broad SMARTS) is 1. The largest absolute Gasteiger partial charge is 0.481 e. The highest BCUT2D eigenvalue weighted by Gasteiger charge is 2.17. The molecule has 0 unspecified atom stereocenters. The molecule has 1 amide bonds. The molecule has 0 aromatic heterocycles. The molecular formula is C11H21NO5S. The smallest absolute Gasteiger partial charge is 0.303 e. The van der Waals surface area contributed by atoms with Crippen LogP contribution in [-0.4, -0.2) is 43.5 Å². The molecular weight excluding hydrogens is 258 g/mol. The van der Waals surface area contributed by atoms with Crippen molar-refractivity contribution in [1.82, 2.24) is 5.32 Å². The number of aliphatic carboxylic acids is 1. The van der Waals surface area contributed by atoms with E-state index in [1.807, 2.05) is 0 Å². The molecule has 0 aromatic rings. The van der Waals surface area contributed by atoms with Crippen LogP contribution in [0.5, 0.6) is 0 Å². The Labute approximate surface area is 108 Å². The van der Waals surface area contributed by atoms with E-state index < -0.39 is 27.5 Å². The molecule has 6 nitrogen and oxygen atoms in total. The monoisotopic (exact) mass is 279 g/mol. The summed E-state index contributed by atoms with van der Waals surface area (Å²) in [6.45, 7) is 3.87. The van der Waals surface area contributed by atoms with Gasteiger partial charge in [-0.1, -0.05) is 13.8 Å². The van der Waals surface area contributed by atoms with Gasteiger partial charge in [-0.05, 0) is 18.8 Å². The third-order valence-electron chi connectivity index (χ3n) is 2.08. The van der Waals surface area contributed by atoms with E-state index in [9.17, 15) is 18.0 Å². The zero-order chi connectivity index (χ0) is 14.2. The van der Waals surface area contributed by atoms with Crippen molar-refractivity contribution < 1.29 is 23.1 Å². The summed E-state index contributed by atoms with van der Waals surface area (Å²) in [7, 11) is -3.34. The molecule has 106 valence electrons. The van der Waals surface area contributed by atoms with Crippen LogP contribution in [0.2, 0.25) is 0 Å². The van der Waals surface area contributed by atoms with Crippen LogP contribution in [0.25, 0.3) is 0 Å². The van der Waals surface area contributed by atoms with E-state index in [0.29, 0.717) is 19.4 Å². The number of hydrogen-bond donors (Lipinski definition) is 2. The zero-order valence-electron chi connectivity index (χ0n) is 10.8. The van der Waals surface area contributed by atoms with Crippen molar-refractivity contribution in [1.29, 1.82) is 0 Å². The van der Waals surface area contributed by atoms with Crippen molar-refractivity contribution in [3.05, 3.63) is 0 Å². The van der Waals surface area contributed by atoms with Crippen LogP contribution in [0.1, 0.15) is 33.1 Å². The number of carboxylic acids is 1. The quantitative estimate of drug-likeness (QED) is 0.596. The number of unbranched alkanes of at least 4 members (excludes halogenated alkanes) is 1. The first-order valence-electron chi connectivity index (χ1n) is 5.92. The molecule has 0 aliphatic heterocycles. The van der Waals surface area contributed by atoms with E-state index in [1.54, 1.807) is 13.8 Å². The number of carbonyl (C=O) groups excluding carboxylic acids is 1. The number of carbonyl (C=O) groups is 2. The minimum atomic E-state index is -3.34. The van der Waals surface area contributed by atoms with E-state index >= 15 is 0 Å². The van der Waals surface area contributed by atoms with Gasteiger partial charge in [-0.25, -0.2) is 8.42 Å². The van der Waals surface area contributed by atoms with Crippen molar-refractivity contribution in [3.8, 4) is 0 Å². The van der Waals surface area contributed by atoms with Gasteiger partial charge < -0.3 is 10.4 Å². The molecule has 0 atom stereocenters. The first kappa shape index (κ1) is 16.9. The lowest BCUT2D eigenvalue weighted by Gasteiger charge is -2.07. The summed E-state index contributed by atoms with van der Waals surface area (Å²) in [5, 5.41) is 10.9. The van der Waals surface area contributed by atoms with Gasteiger partial charge in [0.1, 0.15) is 5.75 Å². The fraction of sp³-hybridized carbons (Fsp3) is 0.818. The summed E-state index contributed by atoms with van der Waals surface area (Å²) < 4.78 is 23.0. The average molecular weight is 279 g/mol. The molecule has 0 radical (unpaired) electrons. The second-order valence-electron chi connectivity index (χ2n) is 4.65. The van der Waals surface area contributed by atoms with Crippen LogP contribution in [0.15, 0.2) is 0 Å². The molecule has 0 aliphatic carbocycles. The molecule has 2 N–H and O–H groups in total. The second kappa shape index (κ2) is 8.07. The van der Waals surface area contributed by atoms with Gasteiger partial charge in [-0.15, -0.1) is 0 Å². The second-order valence-corrected chi connectivity index (χ2v) is 6.76. The van der Waals surface area contributed by atoms with Crippen LogP contribution in [0.4, 0.5) is 0 Å². The minimum Gasteiger partial charge on any atom is -0.481 e. The molecule has 0 aliphatic rings. The average Bonchev–Trinajstić information content (AvgIpc) is 2.13. The zero-order valence-corrected chi connectivity index (χ0v) is 11.6. The molecule has 0 saturated carbocycles. The molecule has 0 bridgehead atoms. The van der Waals surface area contributed by atoms with E-state index in [-0.39, 0.29) is 18.1 Å². The first-order chi connectivity index (χ1) is 8.23. The number of rotatable bonds is 9. The van der Waals surface area contributed by atoms with Gasteiger partial charge in [-0.2, -0.15) is 0 Å². The van der Waals surface area contributed by atoms with Gasteiger partial charge in [0.15, 0.2) is 9.84 Å². The predicted molar refractivity (Wildman–Crippen MR) is 68.0 cm³/mol. The number of hydrogen-bond acceptors (Lipinski definition) is 4. The summed E-state index contributed by atoms with van der Waals surface area (Å²) >= 11 is 0. The highest BCUT2D eigenvalue weighted by molar-refractivity contribution is 7.92. The summed E-state index contributed by atoms with van der Waals surface area (Å²) in [6, 6.07) is 0. The van der Waals surface area contributed by atoms with Crippen molar-refractivity contribution in [3.63, 3.8) is 0 Å². The first-order valence-corrected chi connectivity index (χ1v) is 7.74. The third kappa shape index (κ3) is 10.1. The SMILES string of the molecule is CC(C)CS(=O)(=O)CC(=O)NCCCCC(=O)O. The Morgan fingerprint density at radius 1 is 1.22 bits per heavy atom. The maximum atomic E-state index is 11.5. The van der Waals surface area contributed by atoms with Gasteiger partial charge in [0.25, 0.3) is 0 Å². The molecule has 7 heteroatoms. The molecule has 0 saturated heterocycles. The van der Waals surface area contributed by atoms with E-state index in [2.05, 4.69) is 5.32 Å².